The average Bonchev–Trinajstić information content (AvgIpc) is 3.46. The fourth-order valence-electron chi connectivity index (χ4n) is 4.45. The molecule has 0 N–H and O–H groups in total. The quantitative estimate of drug-likeness (QED) is 0.298. The van der Waals surface area contributed by atoms with Crippen LogP contribution in [0.3, 0.4) is 0 Å². The molecule has 0 amide bonds. The third-order valence-electron chi connectivity index (χ3n) is 5.89. The van der Waals surface area contributed by atoms with Gasteiger partial charge in [0.1, 0.15) is 0 Å². The van der Waals surface area contributed by atoms with Gasteiger partial charge in [-0.15, -0.1) is 35.3 Å². The number of rotatable bonds is 4. The third-order valence-corrected chi connectivity index (χ3v) is 8.37. The Hall–Kier alpha value is -2.07. The highest BCUT2D eigenvalue weighted by atomic mass is 32.1. The monoisotopic (exact) mass is 444 g/mol. The summed E-state index contributed by atoms with van der Waals surface area (Å²) in [4.78, 5) is 6.57. The maximum atomic E-state index is 4.53. The molecule has 3 heteroatoms. The molecule has 2 aromatic heterocycles. The maximum Gasteiger partial charge on any atom is 0.0352 e. The van der Waals surface area contributed by atoms with E-state index in [1.165, 1.54) is 61.0 Å². The summed E-state index contributed by atoms with van der Waals surface area (Å²) in [7, 11) is 0. The van der Waals surface area contributed by atoms with Gasteiger partial charge < -0.3 is 0 Å². The molecule has 0 spiro atoms. The Morgan fingerprint density at radius 2 is 1.23 bits per heavy atom. The topological polar surface area (TPSA) is 0 Å². The van der Waals surface area contributed by atoms with Crippen molar-refractivity contribution in [3.05, 3.63) is 87.6 Å². The first-order valence-corrected chi connectivity index (χ1v) is 12.5. The van der Waals surface area contributed by atoms with E-state index in [0.29, 0.717) is 0 Å². The van der Waals surface area contributed by atoms with Crippen LogP contribution in [0.4, 0.5) is 0 Å². The van der Waals surface area contributed by atoms with Crippen molar-refractivity contribution in [2.45, 2.75) is 38.0 Å². The van der Waals surface area contributed by atoms with Gasteiger partial charge >= 0.3 is 0 Å². The predicted molar refractivity (Wildman–Crippen MR) is 137 cm³/mol. The molecule has 0 unspecified atom stereocenters. The second-order valence-electron chi connectivity index (χ2n) is 7.89. The SMILES string of the molecule is Cc1sc(-c2ccccc2)cc1C1=C(c2cc(-c3cccc(S)c3)sc2C)CCC1. The number of aryl methyl sites for hydroxylation is 2. The van der Waals surface area contributed by atoms with Gasteiger partial charge in [-0.3, -0.25) is 0 Å². The molecule has 2 aromatic carbocycles. The van der Waals surface area contributed by atoms with E-state index in [1.807, 2.05) is 28.7 Å². The van der Waals surface area contributed by atoms with Crippen LogP contribution in [0.1, 0.15) is 40.1 Å². The molecule has 30 heavy (non-hydrogen) atoms. The molecule has 0 saturated carbocycles. The van der Waals surface area contributed by atoms with Crippen molar-refractivity contribution in [2.75, 3.05) is 0 Å². The lowest BCUT2D eigenvalue weighted by Gasteiger charge is -2.07. The number of hydrogen-bond acceptors (Lipinski definition) is 3. The van der Waals surface area contributed by atoms with E-state index in [4.69, 9.17) is 0 Å². The minimum atomic E-state index is 1.02. The van der Waals surface area contributed by atoms with Gasteiger partial charge in [-0.1, -0.05) is 42.5 Å². The first-order chi connectivity index (χ1) is 14.6. The number of benzene rings is 2. The highest BCUT2D eigenvalue weighted by Gasteiger charge is 2.23. The summed E-state index contributed by atoms with van der Waals surface area (Å²) < 4.78 is 0. The van der Waals surface area contributed by atoms with Crippen LogP contribution in [0.2, 0.25) is 0 Å². The largest absolute Gasteiger partial charge is 0.143 e. The summed E-state index contributed by atoms with van der Waals surface area (Å²) in [5.74, 6) is 0. The first kappa shape index (κ1) is 19.9. The van der Waals surface area contributed by atoms with Gasteiger partial charge in [0, 0.05) is 24.4 Å². The van der Waals surface area contributed by atoms with Gasteiger partial charge in [0.2, 0.25) is 0 Å². The zero-order chi connectivity index (χ0) is 20.7. The Labute approximate surface area is 192 Å². The smallest absolute Gasteiger partial charge is 0.0352 e. The zero-order valence-corrected chi connectivity index (χ0v) is 19.8. The van der Waals surface area contributed by atoms with Crippen LogP contribution in [0.5, 0.6) is 0 Å². The summed E-state index contributed by atoms with van der Waals surface area (Å²) >= 11 is 8.35. The molecule has 1 aliphatic carbocycles. The van der Waals surface area contributed by atoms with Crippen LogP contribution >= 0.6 is 35.3 Å². The van der Waals surface area contributed by atoms with E-state index >= 15 is 0 Å². The lowest BCUT2D eigenvalue weighted by Crippen LogP contribution is -1.86. The first-order valence-electron chi connectivity index (χ1n) is 10.4. The molecule has 0 radical (unpaired) electrons. The fourth-order valence-corrected chi connectivity index (χ4v) is 6.77. The molecule has 5 rings (SSSR count). The second kappa shape index (κ2) is 8.22. The van der Waals surface area contributed by atoms with E-state index in [-0.39, 0.29) is 0 Å². The molecule has 0 aliphatic heterocycles. The molecule has 0 bridgehead atoms. The fraction of sp³-hybridized carbons (Fsp3) is 0.185. The minimum Gasteiger partial charge on any atom is -0.143 e. The van der Waals surface area contributed by atoms with Crippen molar-refractivity contribution in [1.29, 1.82) is 0 Å². The van der Waals surface area contributed by atoms with Crippen LogP contribution in [-0.2, 0) is 0 Å². The molecule has 0 saturated heterocycles. The molecule has 0 atom stereocenters. The lowest BCUT2D eigenvalue weighted by molar-refractivity contribution is 0.941. The van der Waals surface area contributed by atoms with Crippen molar-refractivity contribution in [3.8, 4) is 20.9 Å². The Morgan fingerprint density at radius 3 is 1.83 bits per heavy atom. The molecule has 1 aliphatic rings. The van der Waals surface area contributed by atoms with Gasteiger partial charge in [0.15, 0.2) is 0 Å². The third kappa shape index (κ3) is 3.71. The highest BCUT2D eigenvalue weighted by Crippen LogP contribution is 2.47. The number of thiophene rings is 2. The van der Waals surface area contributed by atoms with Crippen LogP contribution in [0.25, 0.3) is 32.0 Å². The van der Waals surface area contributed by atoms with E-state index < -0.39 is 0 Å². The van der Waals surface area contributed by atoms with E-state index in [2.05, 4.69) is 87.1 Å². The van der Waals surface area contributed by atoms with Crippen molar-refractivity contribution >= 4 is 46.4 Å². The summed E-state index contributed by atoms with van der Waals surface area (Å²) in [6.45, 7) is 4.55. The van der Waals surface area contributed by atoms with Crippen LogP contribution in [0.15, 0.2) is 71.6 Å². The van der Waals surface area contributed by atoms with Gasteiger partial charge in [0.25, 0.3) is 0 Å². The van der Waals surface area contributed by atoms with E-state index in [9.17, 15) is 0 Å². The molecule has 0 nitrogen and oxygen atoms in total. The predicted octanol–water partition coefficient (Wildman–Crippen LogP) is 9.14. The van der Waals surface area contributed by atoms with Crippen LogP contribution in [-0.4, -0.2) is 0 Å². The normalized spacial score (nSPS) is 14.0. The van der Waals surface area contributed by atoms with E-state index in [1.54, 1.807) is 11.1 Å². The molecular weight excluding hydrogens is 420 g/mol. The van der Waals surface area contributed by atoms with Crippen molar-refractivity contribution < 1.29 is 0 Å². The highest BCUT2D eigenvalue weighted by molar-refractivity contribution is 7.80. The molecule has 150 valence electrons. The Balaban J connectivity index is 1.58. The van der Waals surface area contributed by atoms with Crippen molar-refractivity contribution in [1.82, 2.24) is 0 Å². The summed E-state index contributed by atoms with van der Waals surface area (Å²) in [5, 5.41) is 0. The summed E-state index contributed by atoms with van der Waals surface area (Å²) in [5.41, 5.74) is 8.59. The van der Waals surface area contributed by atoms with Crippen molar-refractivity contribution in [3.63, 3.8) is 0 Å². The summed E-state index contributed by atoms with van der Waals surface area (Å²) in [6.07, 6.45) is 3.60. The minimum absolute atomic E-state index is 1.02. The number of hydrogen-bond donors (Lipinski definition) is 1. The Kier molecular flexibility index (Phi) is 5.44. The lowest BCUT2D eigenvalue weighted by atomic mass is 9.96. The summed E-state index contributed by atoms with van der Waals surface area (Å²) in [6, 6.07) is 24.1. The van der Waals surface area contributed by atoms with Gasteiger partial charge in [0.05, 0.1) is 0 Å². The maximum absolute atomic E-state index is 4.53. The van der Waals surface area contributed by atoms with Gasteiger partial charge in [-0.2, -0.15) is 0 Å². The average molecular weight is 445 g/mol. The molecule has 2 heterocycles. The van der Waals surface area contributed by atoms with Crippen LogP contribution < -0.4 is 0 Å². The molecular formula is C27H24S3. The van der Waals surface area contributed by atoms with Gasteiger partial charge in [-0.05, 0) is 90.8 Å². The standard InChI is InChI=1S/C27H24S3/c1-17-24(15-26(29-17)19-8-4-3-5-9-19)22-12-7-13-23(22)25-16-27(30-18(25)2)20-10-6-11-21(28)14-20/h3-6,8-11,14-16,28H,7,12-13H2,1-2H3. The number of thiol groups is 1. The molecule has 0 fully saturated rings. The van der Waals surface area contributed by atoms with Gasteiger partial charge in [-0.25, -0.2) is 0 Å². The van der Waals surface area contributed by atoms with Crippen molar-refractivity contribution in [2.24, 2.45) is 0 Å². The zero-order valence-electron chi connectivity index (χ0n) is 17.2. The second-order valence-corrected chi connectivity index (χ2v) is 10.9. The van der Waals surface area contributed by atoms with E-state index in [0.717, 1.165) is 4.90 Å². The molecule has 4 aromatic rings. The Bertz CT molecular complexity index is 1240. The van der Waals surface area contributed by atoms with Crippen LogP contribution in [0, 0.1) is 13.8 Å². The Morgan fingerprint density at radius 1 is 0.667 bits per heavy atom. The number of allylic oxidation sites excluding steroid dienone is 2.